The first-order chi connectivity index (χ1) is 12.6. The van der Waals surface area contributed by atoms with Gasteiger partial charge in [0, 0.05) is 29.9 Å². The maximum absolute atomic E-state index is 9.68. The number of methoxy groups -OCH3 is 2. The van der Waals surface area contributed by atoms with Crippen molar-refractivity contribution in [2.24, 2.45) is 15.9 Å². The number of hydrogen-bond acceptors (Lipinski definition) is 6. The Bertz CT molecular complexity index is 799. The van der Waals surface area contributed by atoms with Crippen LogP contribution in [0.25, 0.3) is 0 Å². The molecule has 1 atom stereocenters. The van der Waals surface area contributed by atoms with Crippen molar-refractivity contribution in [3.8, 4) is 11.5 Å². The molecule has 1 aromatic rings. The molecule has 26 heavy (non-hydrogen) atoms. The summed E-state index contributed by atoms with van der Waals surface area (Å²) in [6.07, 6.45) is 4.94. The summed E-state index contributed by atoms with van der Waals surface area (Å²) in [4.78, 5) is 4.65. The molecule has 0 saturated carbocycles. The Labute approximate surface area is 153 Å². The maximum Gasteiger partial charge on any atom is 0.126 e. The maximum atomic E-state index is 9.68. The summed E-state index contributed by atoms with van der Waals surface area (Å²) in [5.74, 6) is 2.14. The number of hydrogen-bond donors (Lipinski definition) is 2. The van der Waals surface area contributed by atoms with E-state index in [1.54, 1.807) is 14.2 Å². The third-order valence-electron chi connectivity index (χ3n) is 4.98. The summed E-state index contributed by atoms with van der Waals surface area (Å²) in [6.45, 7) is 2.03. The lowest BCUT2D eigenvalue weighted by Gasteiger charge is -2.29. The zero-order valence-corrected chi connectivity index (χ0v) is 15.5. The number of aliphatic imine (C=N–C) groups is 1. The van der Waals surface area contributed by atoms with E-state index in [0.717, 1.165) is 46.7 Å². The number of oxime groups is 1. The number of rotatable bonds is 3. The second kappa shape index (κ2) is 7.64. The first kappa shape index (κ1) is 18.0. The van der Waals surface area contributed by atoms with Crippen LogP contribution in [0.1, 0.15) is 44.1 Å². The minimum atomic E-state index is 0.0227. The van der Waals surface area contributed by atoms with Crippen LogP contribution >= 0.6 is 0 Å². The minimum Gasteiger partial charge on any atom is -0.496 e. The van der Waals surface area contributed by atoms with Crippen molar-refractivity contribution in [2.75, 3.05) is 14.2 Å². The highest BCUT2D eigenvalue weighted by molar-refractivity contribution is 6.06. The van der Waals surface area contributed by atoms with Gasteiger partial charge in [-0.15, -0.1) is 0 Å². The smallest absolute Gasteiger partial charge is 0.126 e. The zero-order valence-electron chi connectivity index (χ0n) is 15.5. The van der Waals surface area contributed by atoms with Gasteiger partial charge in [-0.3, -0.25) is 0 Å². The van der Waals surface area contributed by atoms with Crippen molar-refractivity contribution < 1.29 is 14.7 Å². The van der Waals surface area contributed by atoms with Crippen LogP contribution in [0.3, 0.4) is 0 Å². The molecule has 0 spiro atoms. The fraction of sp³-hybridized carbons (Fsp3) is 0.400. The minimum absolute atomic E-state index is 0.0227. The van der Waals surface area contributed by atoms with E-state index >= 15 is 0 Å². The van der Waals surface area contributed by atoms with Crippen LogP contribution in [-0.4, -0.2) is 31.0 Å². The Hall–Kier alpha value is -2.76. The lowest BCUT2D eigenvalue weighted by atomic mass is 9.78. The van der Waals surface area contributed by atoms with Crippen molar-refractivity contribution in [1.29, 1.82) is 0 Å². The Morgan fingerprint density at radius 3 is 2.50 bits per heavy atom. The highest BCUT2D eigenvalue weighted by Gasteiger charge is 2.32. The number of ether oxygens (including phenoxy) is 2. The second-order valence-electron chi connectivity index (χ2n) is 6.58. The molecule has 1 aliphatic carbocycles. The molecular formula is C20H25N3O3. The predicted octanol–water partition coefficient (Wildman–Crippen LogP) is 3.76. The molecule has 0 aromatic heterocycles. The van der Waals surface area contributed by atoms with E-state index in [-0.39, 0.29) is 5.92 Å². The highest BCUT2D eigenvalue weighted by atomic mass is 16.5. The number of nitrogens with zero attached hydrogens (tertiary/aromatic N) is 2. The van der Waals surface area contributed by atoms with E-state index in [9.17, 15) is 5.21 Å². The molecule has 0 bridgehead atoms. The topological polar surface area (TPSA) is 89.4 Å². The number of allylic oxidation sites excluding steroid dienone is 4. The van der Waals surface area contributed by atoms with Crippen LogP contribution in [-0.2, 0) is 0 Å². The molecule has 0 saturated heterocycles. The molecular weight excluding hydrogens is 330 g/mol. The summed E-state index contributed by atoms with van der Waals surface area (Å²) < 4.78 is 11.1. The molecule has 0 radical (unpaired) electrons. The standard InChI is InChI=1S/C20H25N3O3/c1-12-6-4-9-18(21)22-14-10-13(11-15(23-24)19(12)14)20-16(25-2)7-5-8-17(20)26-3/h5-8,13,24H,4,9-11H2,1-3H3,(H2,21,22)/b12-6?,23-15+. The van der Waals surface area contributed by atoms with Gasteiger partial charge in [0.15, 0.2) is 0 Å². The fourth-order valence-corrected chi connectivity index (χ4v) is 3.81. The number of nitrogens with two attached hydrogens (primary N) is 1. The second-order valence-corrected chi connectivity index (χ2v) is 6.58. The van der Waals surface area contributed by atoms with Gasteiger partial charge in [-0.1, -0.05) is 17.3 Å². The first-order valence-electron chi connectivity index (χ1n) is 8.74. The molecule has 138 valence electrons. The number of amidine groups is 1. The first-order valence-corrected chi connectivity index (χ1v) is 8.74. The molecule has 2 aliphatic rings. The fourth-order valence-electron chi connectivity index (χ4n) is 3.81. The zero-order chi connectivity index (χ0) is 18.7. The number of benzene rings is 1. The molecule has 1 aromatic carbocycles. The molecule has 6 nitrogen and oxygen atoms in total. The molecule has 1 unspecified atom stereocenters. The molecule has 1 aliphatic heterocycles. The van der Waals surface area contributed by atoms with E-state index in [2.05, 4.69) is 16.2 Å². The third kappa shape index (κ3) is 3.31. The monoisotopic (exact) mass is 355 g/mol. The van der Waals surface area contributed by atoms with Crippen molar-refractivity contribution in [3.05, 3.63) is 46.7 Å². The van der Waals surface area contributed by atoms with Gasteiger partial charge in [0.2, 0.25) is 0 Å². The van der Waals surface area contributed by atoms with Gasteiger partial charge in [-0.25, -0.2) is 4.99 Å². The van der Waals surface area contributed by atoms with Crippen LogP contribution in [0.15, 0.2) is 51.3 Å². The largest absolute Gasteiger partial charge is 0.496 e. The van der Waals surface area contributed by atoms with Gasteiger partial charge in [0.1, 0.15) is 11.5 Å². The van der Waals surface area contributed by atoms with Gasteiger partial charge < -0.3 is 20.4 Å². The van der Waals surface area contributed by atoms with E-state index in [1.807, 2.05) is 25.1 Å². The van der Waals surface area contributed by atoms with E-state index in [1.165, 1.54) is 0 Å². The quantitative estimate of drug-likeness (QED) is 0.638. The summed E-state index contributed by atoms with van der Waals surface area (Å²) >= 11 is 0. The molecule has 3 N–H and O–H groups in total. The van der Waals surface area contributed by atoms with Crippen LogP contribution in [0.5, 0.6) is 11.5 Å². The predicted molar refractivity (Wildman–Crippen MR) is 102 cm³/mol. The summed E-state index contributed by atoms with van der Waals surface area (Å²) in [5, 5.41) is 13.3. The normalized spacial score (nSPS) is 22.1. The van der Waals surface area contributed by atoms with Crippen molar-refractivity contribution >= 4 is 11.5 Å². The Kier molecular flexibility index (Phi) is 5.30. The molecule has 0 fully saturated rings. The van der Waals surface area contributed by atoms with Crippen LogP contribution < -0.4 is 15.2 Å². The third-order valence-corrected chi connectivity index (χ3v) is 4.98. The summed E-state index contributed by atoms with van der Waals surface area (Å²) in [6, 6.07) is 5.73. The van der Waals surface area contributed by atoms with E-state index < -0.39 is 0 Å². The molecule has 3 rings (SSSR count). The molecule has 0 amide bonds. The summed E-state index contributed by atoms with van der Waals surface area (Å²) in [5.41, 5.74) is 10.5. The highest BCUT2D eigenvalue weighted by Crippen LogP contribution is 2.45. The molecule has 1 heterocycles. The van der Waals surface area contributed by atoms with Gasteiger partial charge in [0.25, 0.3) is 0 Å². The van der Waals surface area contributed by atoms with Crippen LogP contribution in [0, 0.1) is 0 Å². The Balaban J connectivity index is 2.13. The van der Waals surface area contributed by atoms with Crippen LogP contribution in [0.2, 0.25) is 0 Å². The van der Waals surface area contributed by atoms with E-state index in [0.29, 0.717) is 24.4 Å². The average molecular weight is 355 g/mol. The van der Waals surface area contributed by atoms with Gasteiger partial charge in [-0.05, 0) is 37.5 Å². The van der Waals surface area contributed by atoms with Crippen molar-refractivity contribution in [2.45, 2.75) is 38.5 Å². The van der Waals surface area contributed by atoms with Gasteiger partial charge >= 0.3 is 0 Å². The lowest BCUT2D eigenvalue weighted by molar-refractivity contribution is 0.316. The SMILES string of the molecule is COc1cccc(OC)c1C1CC2=C(C(C)=CCCC(N)=N2)/C(=N/O)C1. The lowest BCUT2D eigenvalue weighted by Crippen LogP contribution is -2.22. The van der Waals surface area contributed by atoms with Crippen molar-refractivity contribution in [3.63, 3.8) is 0 Å². The van der Waals surface area contributed by atoms with Crippen molar-refractivity contribution in [1.82, 2.24) is 0 Å². The van der Waals surface area contributed by atoms with Gasteiger partial charge in [0.05, 0.1) is 31.5 Å². The van der Waals surface area contributed by atoms with Gasteiger partial charge in [-0.2, -0.15) is 0 Å². The van der Waals surface area contributed by atoms with E-state index in [4.69, 9.17) is 15.2 Å². The van der Waals surface area contributed by atoms with Crippen LogP contribution in [0.4, 0.5) is 0 Å². The molecule has 6 heteroatoms. The Morgan fingerprint density at radius 2 is 1.88 bits per heavy atom. The Morgan fingerprint density at radius 1 is 1.19 bits per heavy atom. The average Bonchev–Trinajstić information content (AvgIpc) is 2.65. The summed E-state index contributed by atoms with van der Waals surface area (Å²) in [7, 11) is 3.29.